The largest absolute Gasteiger partial charge is 0.397 e. The predicted molar refractivity (Wildman–Crippen MR) is 73.4 cm³/mol. The van der Waals surface area contributed by atoms with Gasteiger partial charge in [0, 0.05) is 5.02 Å². The Labute approximate surface area is 122 Å². The maximum atomic E-state index is 13.2. The molecule has 0 saturated heterocycles. The highest BCUT2D eigenvalue weighted by molar-refractivity contribution is 6.36. The summed E-state index contributed by atoms with van der Waals surface area (Å²) in [6, 6.07) is 5.67. The smallest absolute Gasteiger partial charge is 0.266 e. The van der Waals surface area contributed by atoms with Crippen molar-refractivity contribution in [1.82, 2.24) is 0 Å². The third-order valence-electron chi connectivity index (χ3n) is 3.16. The molecule has 0 atom stereocenters. The Balaban J connectivity index is 2.18. The minimum absolute atomic E-state index is 0.0783. The highest BCUT2D eigenvalue weighted by atomic mass is 35.5. The molecule has 0 spiro atoms. The highest BCUT2D eigenvalue weighted by Gasteiger charge is 2.38. The average Bonchev–Trinajstić information content (AvgIpc) is 2.66. The highest BCUT2D eigenvalue weighted by Crippen LogP contribution is 2.34. The van der Waals surface area contributed by atoms with Gasteiger partial charge in [-0.05, 0) is 30.3 Å². The average molecular weight is 309 g/mol. The van der Waals surface area contributed by atoms with Gasteiger partial charge in [-0.25, -0.2) is 13.7 Å². The number of hydrogen-bond donors (Lipinski definition) is 1. The van der Waals surface area contributed by atoms with Crippen LogP contribution < -0.4 is 10.6 Å². The van der Waals surface area contributed by atoms with Gasteiger partial charge >= 0.3 is 0 Å². The number of rotatable bonds is 1. The van der Waals surface area contributed by atoms with E-state index in [1.165, 1.54) is 18.2 Å². The van der Waals surface area contributed by atoms with Crippen LogP contribution in [0.25, 0.3) is 0 Å². The van der Waals surface area contributed by atoms with Crippen LogP contribution in [0, 0.1) is 11.6 Å². The number of halogens is 3. The number of anilines is 2. The quantitative estimate of drug-likeness (QED) is 0.650. The van der Waals surface area contributed by atoms with Gasteiger partial charge in [0.1, 0.15) is 0 Å². The molecule has 0 saturated carbocycles. The van der Waals surface area contributed by atoms with E-state index in [0.29, 0.717) is 12.1 Å². The second-order valence-electron chi connectivity index (χ2n) is 4.46. The molecule has 2 N–H and O–H groups in total. The molecule has 4 nitrogen and oxygen atoms in total. The summed E-state index contributed by atoms with van der Waals surface area (Å²) in [4.78, 5) is 25.3. The minimum atomic E-state index is -1.20. The van der Waals surface area contributed by atoms with Crippen molar-refractivity contribution < 1.29 is 18.4 Å². The van der Waals surface area contributed by atoms with E-state index in [1.54, 1.807) is 0 Å². The second-order valence-corrected chi connectivity index (χ2v) is 4.90. The first kappa shape index (κ1) is 13.5. The van der Waals surface area contributed by atoms with E-state index < -0.39 is 23.4 Å². The maximum absolute atomic E-state index is 13.2. The van der Waals surface area contributed by atoms with Crippen molar-refractivity contribution in [3.63, 3.8) is 0 Å². The molecule has 2 aromatic carbocycles. The van der Waals surface area contributed by atoms with Crippen LogP contribution in [0.4, 0.5) is 20.2 Å². The molecular formula is C14H7ClF2N2O2. The number of benzene rings is 2. The number of amides is 2. The Morgan fingerprint density at radius 2 is 1.48 bits per heavy atom. The van der Waals surface area contributed by atoms with Crippen LogP contribution in [0.1, 0.15) is 20.7 Å². The van der Waals surface area contributed by atoms with Crippen LogP contribution >= 0.6 is 11.6 Å². The first-order valence-corrected chi connectivity index (χ1v) is 6.21. The molecule has 1 aliphatic rings. The fourth-order valence-corrected chi connectivity index (χ4v) is 2.33. The Morgan fingerprint density at radius 1 is 0.952 bits per heavy atom. The number of nitrogens with two attached hydrogens (primary N) is 1. The van der Waals surface area contributed by atoms with Crippen LogP contribution in [0.2, 0.25) is 5.02 Å². The molecule has 0 aliphatic carbocycles. The Kier molecular flexibility index (Phi) is 2.91. The Morgan fingerprint density at radius 3 is 2.00 bits per heavy atom. The van der Waals surface area contributed by atoms with Gasteiger partial charge in [0.25, 0.3) is 11.8 Å². The Bertz CT molecular complexity index is 767. The predicted octanol–water partition coefficient (Wildman–Crippen LogP) is 3.00. The standard InChI is InChI=1S/C14H7ClF2N2O2/c15-6-1-2-11(18)12(3-6)19-13(20)7-4-9(16)10(17)5-8(7)14(19)21/h1-5H,18H2. The van der Waals surface area contributed by atoms with E-state index >= 15 is 0 Å². The molecule has 1 aliphatic heterocycles. The maximum Gasteiger partial charge on any atom is 0.266 e. The van der Waals surface area contributed by atoms with Crippen molar-refractivity contribution in [1.29, 1.82) is 0 Å². The molecule has 3 rings (SSSR count). The Hall–Kier alpha value is -2.47. The van der Waals surface area contributed by atoms with E-state index in [1.807, 2.05) is 0 Å². The third kappa shape index (κ3) is 1.95. The normalized spacial score (nSPS) is 13.8. The lowest BCUT2D eigenvalue weighted by atomic mass is 10.1. The summed E-state index contributed by atoms with van der Waals surface area (Å²) < 4.78 is 26.5. The van der Waals surface area contributed by atoms with Crippen LogP contribution in [0.5, 0.6) is 0 Å². The zero-order valence-corrected chi connectivity index (χ0v) is 11.1. The minimum Gasteiger partial charge on any atom is -0.397 e. The van der Waals surface area contributed by atoms with Gasteiger partial charge in [-0.1, -0.05) is 11.6 Å². The van der Waals surface area contributed by atoms with Gasteiger partial charge in [0.15, 0.2) is 11.6 Å². The van der Waals surface area contributed by atoms with E-state index in [0.717, 1.165) is 4.90 Å². The molecule has 2 aromatic rings. The summed E-state index contributed by atoms with van der Waals surface area (Å²) in [6.07, 6.45) is 0. The topological polar surface area (TPSA) is 63.4 Å². The van der Waals surface area contributed by atoms with Crippen LogP contribution in [-0.2, 0) is 0 Å². The fourth-order valence-electron chi connectivity index (χ4n) is 2.16. The zero-order chi connectivity index (χ0) is 15.3. The summed E-state index contributed by atoms with van der Waals surface area (Å²) in [7, 11) is 0. The first-order valence-electron chi connectivity index (χ1n) is 5.83. The molecule has 0 unspecified atom stereocenters. The van der Waals surface area contributed by atoms with E-state index in [4.69, 9.17) is 17.3 Å². The number of hydrogen-bond acceptors (Lipinski definition) is 3. The van der Waals surface area contributed by atoms with Crippen LogP contribution in [-0.4, -0.2) is 11.8 Å². The number of fused-ring (bicyclic) bond motifs is 1. The molecule has 0 radical (unpaired) electrons. The van der Waals surface area contributed by atoms with E-state index in [9.17, 15) is 18.4 Å². The summed E-state index contributed by atoms with van der Waals surface area (Å²) in [6.45, 7) is 0. The van der Waals surface area contributed by atoms with Gasteiger partial charge in [0.2, 0.25) is 0 Å². The van der Waals surface area contributed by atoms with Gasteiger partial charge in [-0.15, -0.1) is 0 Å². The number of imide groups is 1. The lowest BCUT2D eigenvalue weighted by molar-refractivity contribution is 0.0926. The molecule has 0 fully saturated rings. The first-order chi connectivity index (χ1) is 9.90. The summed E-state index contributed by atoms with van der Waals surface area (Å²) >= 11 is 5.83. The molecule has 1 heterocycles. The monoisotopic (exact) mass is 308 g/mol. The van der Waals surface area contributed by atoms with Gasteiger partial charge in [-0.2, -0.15) is 0 Å². The van der Waals surface area contributed by atoms with Crippen molar-refractivity contribution in [2.75, 3.05) is 10.6 Å². The second kappa shape index (κ2) is 4.53. The third-order valence-corrected chi connectivity index (χ3v) is 3.40. The van der Waals surface area contributed by atoms with Crippen molar-refractivity contribution in [3.8, 4) is 0 Å². The van der Waals surface area contributed by atoms with Crippen molar-refractivity contribution >= 4 is 34.8 Å². The number of carbonyl (C=O) groups excluding carboxylic acids is 2. The fraction of sp³-hybridized carbons (Fsp3) is 0. The molecule has 7 heteroatoms. The van der Waals surface area contributed by atoms with Crippen molar-refractivity contribution in [2.24, 2.45) is 0 Å². The zero-order valence-electron chi connectivity index (χ0n) is 10.4. The number of carbonyl (C=O) groups is 2. The van der Waals surface area contributed by atoms with E-state index in [2.05, 4.69) is 0 Å². The molecule has 106 valence electrons. The van der Waals surface area contributed by atoms with Gasteiger partial charge in [-0.3, -0.25) is 9.59 Å². The molecule has 0 bridgehead atoms. The van der Waals surface area contributed by atoms with Gasteiger partial charge in [0.05, 0.1) is 22.5 Å². The summed E-state index contributed by atoms with van der Waals surface area (Å²) in [5, 5.41) is 0.271. The lowest BCUT2D eigenvalue weighted by Crippen LogP contribution is -2.30. The molecule has 2 amide bonds. The summed E-state index contributed by atoms with van der Waals surface area (Å²) in [5.41, 5.74) is 5.54. The molecule has 0 aromatic heterocycles. The number of nitrogen functional groups attached to an aromatic ring is 1. The molecule has 21 heavy (non-hydrogen) atoms. The summed E-state index contributed by atoms with van der Waals surface area (Å²) in [5.74, 6) is -3.95. The number of nitrogens with zero attached hydrogens (tertiary/aromatic N) is 1. The van der Waals surface area contributed by atoms with Crippen molar-refractivity contribution in [3.05, 3.63) is 58.1 Å². The lowest BCUT2D eigenvalue weighted by Gasteiger charge is -2.16. The SMILES string of the molecule is Nc1ccc(Cl)cc1N1C(=O)c2cc(F)c(F)cc2C1=O. The van der Waals surface area contributed by atoms with Gasteiger partial charge < -0.3 is 5.73 Å². The van der Waals surface area contributed by atoms with Crippen LogP contribution in [0.15, 0.2) is 30.3 Å². The van der Waals surface area contributed by atoms with E-state index in [-0.39, 0.29) is 27.5 Å². The molecular weight excluding hydrogens is 302 g/mol. The van der Waals surface area contributed by atoms with Crippen LogP contribution in [0.3, 0.4) is 0 Å². The van der Waals surface area contributed by atoms with Crippen molar-refractivity contribution in [2.45, 2.75) is 0 Å².